The molecule has 6 nitrogen and oxygen atoms in total. The molecule has 0 saturated carbocycles. The molecule has 1 atom stereocenters. The van der Waals surface area contributed by atoms with Gasteiger partial charge in [-0.2, -0.15) is 0 Å². The Hall–Kier alpha value is -1.97. The van der Waals surface area contributed by atoms with Crippen LogP contribution in [0.15, 0.2) is 40.6 Å². The molecule has 0 spiro atoms. The number of carboxylic acid groups (broad SMARTS) is 1. The van der Waals surface area contributed by atoms with E-state index >= 15 is 0 Å². The molecule has 2 aromatic rings. The van der Waals surface area contributed by atoms with Crippen molar-refractivity contribution in [3.05, 3.63) is 46.4 Å². The van der Waals surface area contributed by atoms with Crippen molar-refractivity contribution in [3.63, 3.8) is 0 Å². The minimum absolute atomic E-state index is 0.0104. The average molecular weight is 384 g/mol. The number of rotatable bonds is 6. The van der Waals surface area contributed by atoms with E-state index in [1.807, 2.05) is 0 Å². The Morgan fingerprint density at radius 2 is 2.08 bits per heavy atom. The highest BCUT2D eigenvalue weighted by Crippen LogP contribution is 2.24. The summed E-state index contributed by atoms with van der Waals surface area (Å²) in [5.74, 6) is -1.29. The van der Waals surface area contributed by atoms with Crippen LogP contribution in [0.3, 0.4) is 0 Å². The van der Waals surface area contributed by atoms with Gasteiger partial charge in [-0.15, -0.1) is 11.3 Å². The standard InChI is InChI=1S/C16H17FN2O4S2/c17-12-1-3-13(4-2-12)19-6-5-11(9-19)8-18-25(22,23)14-7-15(16(20)21)24-10-14/h1-4,7,10-11,18H,5-6,8-9H2,(H,20,21)/t11-/m0/s1. The summed E-state index contributed by atoms with van der Waals surface area (Å²) in [6, 6.07) is 7.39. The number of carboxylic acids is 1. The molecule has 0 unspecified atom stereocenters. The first-order valence-corrected chi connectivity index (χ1v) is 10.0. The lowest BCUT2D eigenvalue weighted by molar-refractivity contribution is 0.0702. The minimum atomic E-state index is -3.72. The van der Waals surface area contributed by atoms with Gasteiger partial charge >= 0.3 is 5.97 Å². The van der Waals surface area contributed by atoms with Crippen LogP contribution < -0.4 is 9.62 Å². The van der Waals surface area contributed by atoms with E-state index in [0.717, 1.165) is 36.1 Å². The molecule has 134 valence electrons. The van der Waals surface area contributed by atoms with Crippen LogP contribution in [-0.2, 0) is 10.0 Å². The molecule has 0 radical (unpaired) electrons. The zero-order valence-electron chi connectivity index (χ0n) is 13.2. The van der Waals surface area contributed by atoms with E-state index in [1.165, 1.54) is 17.5 Å². The molecule has 1 aromatic carbocycles. The number of hydrogen-bond acceptors (Lipinski definition) is 5. The predicted molar refractivity (Wildman–Crippen MR) is 93.2 cm³/mol. The van der Waals surface area contributed by atoms with E-state index in [2.05, 4.69) is 9.62 Å². The summed E-state index contributed by atoms with van der Waals surface area (Å²) in [7, 11) is -3.72. The number of carbonyl (C=O) groups is 1. The Morgan fingerprint density at radius 3 is 2.72 bits per heavy atom. The largest absolute Gasteiger partial charge is 0.477 e. The third-order valence-electron chi connectivity index (χ3n) is 4.14. The van der Waals surface area contributed by atoms with Crippen LogP contribution in [0, 0.1) is 11.7 Å². The number of benzene rings is 1. The Morgan fingerprint density at radius 1 is 1.36 bits per heavy atom. The monoisotopic (exact) mass is 384 g/mol. The van der Waals surface area contributed by atoms with Crippen LogP contribution in [0.4, 0.5) is 10.1 Å². The Bertz CT molecular complexity index is 865. The maximum absolute atomic E-state index is 13.0. The van der Waals surface area contributed by atoms with E-state index in [-0.39, 0.29) is 28.1 Å². The first-order chi connectivity index (χ1) is 11.8. The lowest BCUT2D eigenvalue weighted by atomic mass is 10.1. The predicted octanol–water partition coefficient (Wildman–Crippen LogP) is 2.39. The molecule has 1 saturated heterocycles. The third kappa shape index (κ3) is 4.17. The van der Waals surface area contributed by atoms with Crippen molar-refractivity contribution in [3.8, 4) is 0 Å². The highest BCUT2D eigenvalue weighted by atomic mass is 32.2. The van der Waals surface area contributed by atoms with Gasteiger partial charge in [-0.05, 0) is 42.7 Å². The molecule has 1 aromatic heterocycles. The fourth-order valence-corrected chi connectivity index (χ4v) is 5.00. The van der Waals surface area contributed by atoms with E-state index < -0.39 is 16.0 Å². The van der Waals surface area contributed by atoms with Gasteiger partial charge in [-0.1, -0.05) is 0 Å². The summed E-state index contributed by atoms with van der Waals surface area (Å²) in [5.41, 5.74) is 0.913. The van der Waals surface area contributed by atoms with Crippen LogP contribution in [0.1, 0.15) is 16.1 Å². The summed E-state index contributed by atoms with van der Waals surface area (Å²) in [6.45, 7) is 1.73. The molecule has 0 aliphatic carbocycles. The summed E-state index contributed by atoms with van der Waals surface area (Å²) >= 11 is 0.884. The number of halogens is 1. The maximum Gasteiger partial charge on any atom is 0.345 e. The number of aromatic carboxylic acids is 1. The van der Waals surface area contributed by atoms with Gasteiger partial charge in [0.15, 0.2) is 0 Å². The smallest absolute Gasteiger partial charge is 0.345 e. The number of nitrogens with one attached hydrogen (secondary N) is 1. The molecule has 1 aliphatic rings. The molecular formula is C16H17FN2O4S2. The molecule has 0 bridgehead atoms. The van der Waals surface area contributed by atoms with Crippen LogP contribution in [0.2, 0.25) is 0 Å². The Kier molecular flexibility index (Phi) is 5.07. The van der Waals surface area contributed by atoms with Gasteiger partial charge < -0.3 is 10.0 Å². The highest BCUT2D eigenvalue weighted by Gasteiger charge is 2.25. The van der Waals surface area contributed by atoms with Gasteiger partial charge in [0, 0.05) is 30.7 Å². The molecule has 1 fully saturated rings. The van der Waals surface area contributed by atoms with E-state index in [4.69, 9.17) is 5.11 Å². The molecule has 1 aliphatic heterocycles. The zero-order chi connectivity index (χ0) is 18.0. The SMILES string of the molecule is O=C(O)c1cc(S(=O)(=O)NC[C@@H]2CCN(c3ccc(F)cc3)C2)cs1. The molecule has 2 N–H and O–H groups in total. The lowest BCUT2D eigenvalue weighted by Gasteiger charge is -2.18. The van der Waals surface area contributed by atoms with Gasteiger partial charge in [-0.3, -0.25) is 0 Å². The second kappa shape index (κ2) is 7.11. The van der Waals surface area contributed by atoms with Crippen molar-refractivity contribution in [2.24, 2.45) is 5.92 Å². The van der Waals surface area contributed by atoms with Crippen LogP contribution in [0.5, 0.6) is 0 Å². The number of thiophene rings is 1. The van der Waals surface area contributed by atoms with E-state index in [9.17, 15) is 17.6 Å². The number of nitrogens with zero attached hydrogens (tertiary/aromatic N) is 1. The molecular weight excluding hydrogens is 367 g/mol. The topological polar surface area (TPSA) is 86.7 Å². The quantitative estimate of drug-likeness (QED) is 0.799. The highest BCUT2D eigenvalue weighted by molar-refractivity contribution is 7.89. The average Bonchev–Trinajstić information content (AvgIpc) is 3.24. The van der Waals surface area contributed by atoms with Gasteiger partial charge in [0.2, 0.25) is 10.0 Å². The molecule has 2 heterocycles. The zero-order valence-corrected chi connectivity index (χ0v) is 14.8. The fraction of sp³-hybridized carbons (Fsp3) is 0.312. The minimum Gasteiger partial charge on any atom is -0.477 e. The Labute approximate surface area is 149 Å². The summed E-state index contributed by atoms with van der Waals surface area (Å²) in [5, 5.41) is 10.2. The van der Waals surface area contributed by atoms with Gasteiger partial charge in [0.25, 0.3) is 0 Å². The summed E-state index contributed by atoms with van der Waals surface area (Å²) in [6.07, 6.45) is 0.823. The van der Waals surface area contributed by atoms with Crippen LogP contribution in [0.25, 0.3) is 0 Å². The summed E-state index contributed by atoms with van der Waals surface area (Å²) < 4.78 is 40.1. The number of anilines is 1. The molecule has 0 amide bonds. The van der Waals surface area contributed by atoms with E-state index in [1.54, 1.807) is 12.1 Å². The molecule has 9 heteroatoms. The van der Waals surface area contributed by atoms with Crippen molar-refractivity contribution in [1.29, 1.82) is 0 Å². The fourth-order valence-electron chi connectivity index (χ4n) is 2.77. The lowest BCUT2D eigenvalue weighted by Crippen LogP contribution is -2.30. The third-order valence-corrected chi connectivity index (χ3v) is 6.61. The van der Waals surface area contributed by atoms with Gasteiger partial charge in [0.1, 0.15) is 10.7 Å². The van der Waals surface area contributed by atoms with Crippen LogP contribution >= 0.6 is 11.3 Å². The van der Waals surface area contributed by atoms with Crippen molar-refractivity contribution < 1.29 is 22.7 Å². The molecule has 3 rings (SSSR count). The van der Waals surface area contributed by atoms with Gasteiger partial charge in [-0.25, -0.2) is 22.3 Å². The van der Waals surface area contributed by atoms with Crippen LogP contribution in [-0.4, -0.2) is 39.1 Å². The number of sulfonamides is 1. The van der Waals surface area contributed by atoms with Crippen molar-refractivity contribution in [1.82, 2.24) is 4.72 Å². The Balaban J connectivity index is 1.58. The van der Waals surface area contributed by atoms with Gasteiger partial charge in [0.05, 0.1) is 4.90 Å². The van der Waals surface area contributed by atoms with Crippen molar-refractivity contribution >= 4 is 33.0 Å². The first-order valence-electron chi connectivity index (χ1n) is 7.67. The number of hydrogen-bond donors (Lipinski definition) is 2. The first kappa shape index (κ1) is 17.8. The second-order valence-electron chi connectivity index (χ2n) is 5.88. The normalized spacial score (nSPS) is 17.8. The second-order valence-corrected chi connectivity index (χ2v) is 8.56. The van der Waals surface area contributed by atoms with Crippen molar-refractivity contribution in [2.45, 2.75) is 11.3 Å². The summed E-state index contributed by atoms with van der Waals surface area (Å²) in [4.78, 5) is 12.9. The van der Waals surface area contributed by atoms with E-state index in [0.29, 0.717) is 6.54 Å². The van der Waals surface area contributed by atoms with Crippen molar-refractivity contribution in [2.75, 3.05) is 24.5 Å². The molecule has 25 heavy (non-hydrogen) atoms. The maximum atomic E-state index is 13.0.